The summed E-state index contributed by atoms with van der Waals surface area (Å²) in [6.07, 6.45) is 10.4. The molecular weight excluding hydrogens is 262 g/mol. The summed E-state index contributed by atoms with van der Waals surface area (Å²) in [7, 11) is 0. The van der Waals surface area contributed by atoms with Crippen molar-refractivity contribution >= 4 is 23.1 Å². The summed E-state index contributed by atoms with van der Waals surface area (Å²) in [5.74, 6) is 0. The maximum Gasteiger partial charge on any atom is 0.143 e. The van der Waals surface area contributed by atoms with Gasteiger partial charge in [-0.3, -0.25) is 0 Å². The number of hydrogen-bond donors (Lipinski definition) is 0. The number of unbranched alkanes of at least 4 members (excludes halogenated alkanes) is 4. The lowest BCUT2D eigenvalue weighted by atomic mass is 9.79. The average Bonchev–Trinajstić information content (AvgIpc) is 2.80. The fourth-order valence-corrected chi connectivity index (χ4v) is 3.52. The van der Waals surface area contributed by atoms with Gasteiger partial charge >= 0.3 is 0 Å². The first kappa shape index (κ1) is 16.0. The highest BCUT2D eigenvalue weighted by molar-refractivity contribution is 7.06. The van der Waals surface area contributed by atoms with Crippen LogP contribution in [0.5, 0.6) is 0 Å². The van der Waals surface area contributed by atoms with E-state index in [0.29, 0.717) is 5.15 Å². The Morgan fingerprint density at radius 1 is 1.11 bits per heavy atom. The van der Waals surface area contributed by atoms with Gasteiger partial charge in [0.05, 0.1) is 0 Å². The third-order valence-corrected chi connectivity index (χ3v) is 5.13. The fourth-order valence-electron chi connectivity index (χ4n) is 2.42. The number of hydrogen-bond acceptors (Lipinski definition) is 2. The normalized spacial score (nSPS) is 14.7. The van der Waals surface area contributed by atoms with Crippen molar-refractivity contribution in [3.63, 3.8) is 0 Å². The minimum absolute atomic E-state index is 0.286. The molecule has 1 nitrogen and oxygen atoms in total. The molecule has 1 atom stereocenters. The van der Waals surface area contributed by atoms with E-state index in [1.54, 1.807) is 11.5 Å². The van der Waals surface area contributed by atoms with E-state index in [1.807, 2.05) is 0 Å². The molecule has 3 heteroatoms. The smallest absolute Gasteiger partial charge is 0.143 e. The summed E-state index contributed by atoms with van der Waals surface area (Å²) < 4.78 is 4.24. The van der Waals surface area contributed by atoms with Gasteiger partial charge in [0.2, 0.25) is 0 Å². The molecule has 0 saturated carbocycles. The Balaban J connectivity index is 2.62. The first-order chi connectivity index (χ1) is 8.62. The maximum atomic E-state index is 5.98. The lowest BCUT2D eigenvalue weighted by Gasteiger charge is -2.28. The molecule has 0 aliphatic carbocycles. The van der Waals surface area contributed by atoms with Gasteiger partial charge in [0.1, 0.15) is 5.15 Å². The number of rotatable bonds is 9. The SMILES string of the molecule is CCCCCCC(C)(CCCC)c1cc(Cl)ns1. The van der Waals surface area contributed by atoms with Crippen molar-refractivity contribution in [2.75, 3.05) is 0 Å². The summed E-state index contributed by atoms with van der Waals surface area (Å²) in [4.78, 5) is 1.37. The van der Waals surface area contributed by atoms with Crippen LogP contribution in [0.2, 0.25) is 5.15 Å². The molecule has 1 rings (SSSR count). The molecule has 0 N–H and O–H groups in total. The number of aromatic nitrogens is 1. The molecule has 0 saturated heterocycles. The lowest BCUT2D eigenvalue weighted by molar-refractivity contribution is 0.375. The molecule has 0 radical (unpaired) electrons. The second-order valence-corrected chi connectivity index (χ2v) is 6.68. The molecule has 0 fully saturated rings. The van der Waals surface area contributed by atoms with Crippen molar-refractivity contribution in [3.8, 4) is 0 Å². The molecule has 0 aliphatic heterocycles. The van der Waals surface area contributed by atoms with E-state index < -0.39 is 0 Å². The van der Waals surface area contributed by atoms with Gasteiger partial charge < -0.3 is 0 Å². The van der Waals surface area contributed by atoms with Gasteiger partial charge in [-0.15, -0.1) is 0 Å². The number of halogens is 1. The van der Waals surface area contributed by atoms with Gasteiger partial charge in [0.25, 0.3) is 0 Å². The maximum absolute atomic E-state index is 5.98. The summed E-state index contributed by atoms with van der Waals surface area (Å²) in [6, 6.07) is 2.07. The average molecular weight is 288 g/mol. The molecule has 104 valence electrons. The van der Waals surface area contributed by atoms with Gasteiger partial charge in [-0.25, -0.2) is 0 Å². The Kier molecular flexibility index (Phi) is 7.25. The largest absolute Gasteiger partial charge is 0.181 e. The Hall–Kier alpha value is -0.0800. The first-order valence-electron chi connectivity index (χ1n) is 7.25. The summed E-state index contributed by atoms with van der Waals surface area (Å²) in [5.41, 5.74) is 0.286. The van der Waals surface area contributed by atoms with Crippen LogP contribution in [0, 0.1) is 0 Å². The third kappa shape index (κ3) is 4.89. The molecule has 0 aliphatic rings. The standard InChI is InChI=1S/C15H26ClNS/c1-4-6-8-9-11-15(3,10-7-5-2)13-12-14(16)17-18-13/h12H,4-11H2,1-3H3. The van der Waals surface area contributed by atoms with Crippen LogP contribution < -0.4 is 0 Å². The van der Waals surface area contributed by atoms with E-state index in [2.05, 4.69) is 31.2 Å². The summed E-state index contributed by atoms with van der Waals surface area (Å²) in [6.45, 7) is 6.91. The Morgan fingerprint density at radius 2 is 1.78 bits per heavy atom. The zero-order chi connectivity index (χ0) is 13.4. The summed E-state index contributed by atoms with van der Waals surface area (Å²) >= 11 is 7.57. The Morgan fingerprint density at radius 3 is 2.33 bits per heavy atom. The van der Waals surface area contributed by atoms with E-state index in [1.165, 1.54) is 56.2 Å². The Labute approximate surface area is 121 Å². The molecular formula is C15H26ClNS. The molecule has 0 bridgehead atoms. The highest BCUT2D eigenvalue weighted by Gasteiger charge is 2.27. The quantitative estimate of drug-likeness (QED) is 0.492. The third-order valence-electron chi connectivity index (χ3n) is 3.74. The molecule has 18 heavy (non-hydrogen) atoms. The first-order valence-corrected chi connectivity index (χ1v) is 8.40. The second-order valence-electron chi connectivity index (χ2n) is 5.49. The van der Waals surface area contributed by atoms with Crippen molar-refractivity contribution in [3.05, 3.63) is 16.1 Å². The van der Waals surface area contributed by atoms with Crippen molar-refractivity contribution in [1.82, 2.24) is 4.37 Å². The van der Waals surface area contributed by atoms with Crippen LogP contribution in [0.25, 0.3) is 0 Å². The predicted octanol–water partition coefficient (Wildman–Crippen LogP) is 6.21. The van der Waals surface area contributed by atoms with Gasteiger partial charge in [-0.2, -0.15) is 4.37 Å². The molecule has 1 aromatic heterocycles. The van der Waals surface area contributed by atoms with Crippen molar-refractivity contribution in [1.29, 1.82) is 0 Å². The highest BCUT2D eigenvalue weighted by atomic mass is 35.5. The van der Waals surface area contributed by atoms with Gasteiger partial charge in [0, 0.05) is 10.3 Å². The molecule has 0 aromatic carbocycles. The molecule has 1 heterocycles. The van der Waals surface area contributed by atoms with E-state index in [4.69, 9.17) is 11.6 Å². The van der Waals surface area contributed by atoms with Crippen LogP contribution in [0.4, 0.5) is 0 Å². The van der Waals surface area contributed by atoms with Crippen LogP contribution in [0.3, 0.4) is 0 Å². The van der Waals surface area contributed by atoms with Crippen molar-refractivity contribution < 1.29 is 0 Å². The van der Waals surface area contributed by atoms with Gasteiger partial charge in [-0.1, -0.05) is 70.9 Å². The van der Waals surface area contributed by atoms with Crippen molar-refractivity contribution in [2.45, 2.75) is 77.6 Å². The fraction of sp³-hybridized carbons (Fsp3) is 0.800. The monoisotopic (exact) mass is 287 g/mol. The Bertz CT molecular complexity index is 337. The van der Waals surface area contributed by atoms with E-state index in [0.717, 1.165) is 0 Å². The van der Waals surface area contributed by atoms with E-state index >= 15 is 0 Å². The van der Waals surface area contributed by atoms with Crippen molar-refractivity contribution in [2.24, 2.45) is 0 Å². The van der Waals surface area contributed by atoms with Crippen LogP contribution >= 0.6 is 23.1 Å². The van der Waals surface area contributed by atoms with Gasteiger partial charge in [0.15, 0.2) is 0 Å². The highest BCUT2D eigenvalue weighted by Crippen LogP contribution is 2.38. The molecule has 0 spiro atoms. The molecule has 1 aromatic rings. The zero-order valence-electron chi connectivity index (χ0n) is 12.0. The zero-order valence-corrected chi connectivity index (χ0v) is 13.5. The van der Waals surface area contributed by atoms with Crippen LogP contribution in [-0.2, 0) is 5.41 Å². The van der Waals surface area contributed by atoms with Crippen LogP contribution in [0.15, 0.2) is 6.07 Å². The molecule has 0 amide bonds. The predicted molar refractivity (Wildman–Crippen MR) is 82.8 cm³/mol. The second kappa shape index (κ2) is 8.16. The van der Waals surface area contributed by atoms with E-state index in [-0.39, 0.29) is 5.41 Å². The van der Waals surface area contributed by atoms with Gasteiger partial charge in [-0.05, 0) is 30.4 Å². The van der Waals surface area contributed by atoms with E-state index in [9.17, 15) is 0 Å². The minimum atomic E-state index is 0.286. The summed E-state index contributed by atoms with van der Waals surface area (Å²) in [5, 5.41) is 0.659. The number of nitrogens with zero attached hydrogens (tertiary/aromatic N) is 1. The van der Waals surface area contributed by atoms with Crippen LogP contribution in [-0.4, -0.2) is 4.37 Å². The minimum Gasteiger partial charge on any atom is -0.181 e. The molecule has 1 unspecified atom stereocenters. The lowest BCUT2D eigenvalue weighted by Crippen LogP contribution is -2.20. The topological polar surface area (TPSA) is 12.9 Å². The van der Waals surface area contributed by atoms with Crippen LogP contribution in [0.1, 0.15) is 77.0 Å².